The zero-order valence-corrected chi connectivity index (χ0v) is 14.9. The van der Waals surface area contributed by atoms with Crippen molar-refractivity contribution in [3.05, 3.63) is 0 Å². The molecule has 0 aromatic rings. The number of carbonyl (C=O) groups is 3. The second kappa shape index (κ2) is 7.31. The van der Waals surface area contributed by atoms with E-state index in [0.717, 1.165) is 25.0 Å². The minimum atomic E-state index is -0.709. The molecule has 24 heavy (non-hydrogen) atoms. The van der Waals surface area contributed by atoms with Crippen LogP contribution in [-0.2, 0) is 14.3 Å². The maximum atomic E-state index is 12.9. The van der Waals surface area contributed by atoms with Gasteiger partial charge in [0.1, 0.15) is 11.6 Å². The largest absolute Gasteiger partial charge is 0.465 e. The summed E-state index contributed by atoms with van der Waals surface area (Å²) in [6.07, 6.45) is 4.47. The lowest BCUT2D eigenvalue weighted by atomic mass is 9.82. The van der Waals surface area contributed by atoms with Gasteiger partial charge in [-0.3, -0.25) is 14.5 Å². The minimum Gasteiger partial charge on any atom is -0.465 e. The fraction of sp³-hybridized carbons (Fsp3) is 0.812. The molecule has 7 nitrogen and oxygen atoms in total. The smallest absolute Gasteiger partial charge is 0.326 e. The number of carbonyl (C=O) groups excluding carboxylic acids is 3. The van der Waals surface area contributed by atoms with E-state index in [-0.39, 0.29) is 24.6 Å². The Morgan fingerprint density at radius 1 is 1.33 bits per heavy atom. The molecule has 3 amide bonds. The average Bonchev–Trinajstić information content (AvgIpc) is 2.80. The lowest BCUT2D eigenvalue weighted by molar-refractivity contribution is -0.150. The highest BCUT2D eigenvalue weighted by molar-refractivity contribution is 7.99. The van der Waals surface area contributed by atoms with Gasteiger partial charge in [0.25, 0.3) is 5.91 Å². The molecular weight excluding hydrogens is 330 g/mol. The summed E-state index contributed by atoms with van der Waals surface area (Å²) in [5.41, 5.74) is -0.709. The summed E-state index contributed by atoms with van der Waals surface area (Å²) < 4.78 is 5.14. The first-order valence-corrected chi connectivity index (χ1v) is 9.85. The standard InChI is InChI=1S/C16H25N3O4S/c1-2-23-13(20)12-10-24-9-8-18(12)11-19-14(21)16(17-15(19)22)6-4-3-5-7-16/h12H,2-11H2,1H3,(H,17,22)/t12-/m1/s1. The fourth-order valence-corrected chi connectivity index (χ4v) is 4.84. The number of thioether (sulfide) groups is 1. The number of imide groups is 1. The second-order valence-corrected chi connectivity index (χ2v) is 7.75. The predicted molar refractivity (Wildman–Crippen MR) is 90.5 cm³/mol. The van der Waals surface area contributed by atoms with Crippen molar-refractivity contribution in [3.63, 3.8) is 0 Å². The molecule has 3 rings (SSSR count). The highest BCUT2D eigenvalue weighted by Crippen LogP contribution is 2.34. The normalized spacial score (nSPS) is 27.4. The number of urea groups is 1. The molecule has 0 aromatic heterocycles. The third-order valence-electron chi connectivity index (χ3n) is 5.07. The van der Waals surface area contributed by atoms with E-state index >= 15 is 0 Å². The number of hydrogen-bond acceptors (Lipinski definition) is 6. The van der Waals surface area contributed by atoms with Gasteiger partial charge in [-0.25, -0.2) is 9.69 Å². The molecule has 2 saturated heterocycles. The Morgan fingerprint density at radius 3 is 2.79 bits per heavy atom. The summed E-state index contributed by atoms with van der Waals surface area (Å²) in [6.45, 7) is 2.94. The van der Waals surface area contributed by atoms with Crippen LogP contribution in [0, 0.1) is 0 Å². The van der Waals surface area contributed by atoms with Crippen LogP contribution >= 0.6 is 11.8 Å². The number of amides is 3. The van der Waals surface area contributed by atoms with Crippen molar-refractivity contribution < 1.29 is 19.1 Å². The van der Waals surface area contributed by atoms with Crippen molar-refractivity contribution in [3.8, 4) is 0 Å². The van der Waals surface area contributed by atoms with Gasteiger partial charge in [-0.15, -0.1) is 0 Å². The molecule has 1 aliphatic carbocycles. The topological polar surface area (TPSA) is 79.0 Å². The molecule has 2 aliphatic heterocycles. The lowest BCUT2D eigenvalue weighted by Crippen LogP contribution is -2.54. The van der Waals surface area contributed by atoms with Gasteiger partial charge < -0.3 is 10.1 Å². The number of hydrogen-bond donors (Lipinski definition) is 1. The van der Waals surface area contributed by atoms with Gasteiger partial charge in [0, 0.05) is 18.1 Å². The van der Waals surface area contributed by atoms with Crippen LogP contribution in [0.4, 0.5) is 4.79 Å². The Hall–Kier alpha value is -1.28. The van der Waals surface area contributed by atoms with Crippen LogP contribution in [0.2, 0.25) is 0 Å². The van der Waals surface area contributed by atoms with Gasteiger partial charge in [-0.1, -0.05) is 19.3 Å². The van der Waals surface area contributed by atoms with Crippen molar-refractivity contribution in [2.45, 2.75) is 50.6 Å². The van der Waals surface area contributed by atoms with E-state index < -0.39 is 11.6 Å². The quantitative estimate of drug-likeness (QED) is 0.603. The van der Waals surface area contributed by atoms with E-state index in [2.05, 4.69) is 5.32 Å². The van der Waals surface area contributed by atoms with Gasteiger partial charge in [0.2, 0.25) is 0 Å². The Kier molecular flexibility index (Phi) is 5.34. The molecule has 0 aromatic carbocycles. The zero-order valence-electron chi connectivity index (χ0n) is 14.1. The third kappa shape index (κ3) is 3.26. The highest BCUT2D eigenvalue weighted by Gasteiger charge is 2.52. The molecule has 0 radical (unpaired) electrons. The maximum Gasteiger partial charge on any atom is 0.326 e. The minimum absolute atomic E-state index is 0.131. The van der Waals surface area contributed by atoms with Crippen molar-refractivity contribution in [2.24, 2.45) is 0 Å². The fourth-order valence-electron chi connectivity index (χ4n) is 3.74. The third-order valence-corrected chi connectivity index (χ3v) is 6.10. The van der Waals surface area contributed by atoms with Gasteiger partial charge in [0.15, 0.2) is 0 Å². The summed E-state index contributed by atoms with van der Waals surface area (Å²) >= 11 is 1.70. The van der Waals surface area contributed by atoms with Gasteiger partial charge in [-0.2, -0.15) is 11.8 Å². The molecule has 3 aliphatic rings. The number of nitrogens with one attached hydrogen (secondary N) is 1. The van der Waals surface area contributed by atoms with Crippen molar-refractivity contribution in [2.75, 3.05) is 31.3 Å². The van der Waals surface area contributed by atoms with Gasteiger partial charge in [0.05, 0.1) is 13.3 Å². The number of ether oxygens (including phenoxy) is 1. The number of rotatable bonds is 4. The molecule has 0 unspecified atom stereocenters. The Morgan fingerprint density at radius 2 is 2.08 bits per heavy atom. The van der Waals surface area contributed by atoms with E-state index in [1.165, 1.54) is 4.90 Å². The van der Waals surface area contributed by atoms with E-state index in [1.54, 1.807) is 18.7 Å². The first-order chi connectivity index (χ1) is 11.6. The van der Waals surface area contributed by atoms with Crippen LogP contribution in [0.25, 0.3) is 0 Å². The van der Waals surface area contributed by atoms with Gasteiger partial charge >= 0.3 is 12.0 Å². The summed E-state index contributed by atoms with van der Waals surface area (Å²) in [7, 11) is 0. The molecule has 0 bridgehead atoms. The van der Waals surface area contributed by atoms with Crippen LogP contribution in [0.5, 0.6) is 0 Å². The molecule has 1 spiro atoms. The Labute approximate surface area is 146 Å². The van der Waals surface area contributed by atoms with Crippen LogP contribution in [0.1, 0.15) is 39.0 Å². The van der Waals surface area contributed by atoms with Crippen LogP contribution in [0.3, 0.4) is 0 Å². The van der Waals surface area contributed by atoms with Gasteiger partial charge in [-0.05, 0) is 19.8 Å². The summed E-state index contributed by atoms with van der Waals surface area (Å²) in [5.74, 6) is 1.11. The number of esters is 1. The van der Waals surface area contributed by atoms with E-state index in [4.69, 9.17) is 4.74 Å². The zero-order chi connectivity index (χ0) is 17.2. The molecular formula is C16H25N3O4S. The highest BCUT2D eigenvalue weighted by atomic mass is 32.2. The molecule has 134 valence electrons. The average molecular weight is 355 g/mol. The monoisotopic (exact) mass is 355 g/mol. The Balaban J connectivity index is 1.70. The van der Waals surface area contributed by atoms with E-state index in [9.17, 15) is 14.4 Å². The summed E-state index contributed by atoms with van der Waals surface area (Å²) in [6, 6.07) is -0.727. The number of nitrogens with zero attached hydrogens (tertiary/aromatic N) is 2. The summed E-state index contributed by atoms with van der Waals surface area (Å²) in [4.78, 5) is 40.6. The molecule has 1 N–H and O–H groups in total. The SMILES string of the molecule is CCOC(=O)[C@H]1CSCCN1CN1C(=O)NC2(CCCCC2)C1=O. The second-order valence-electron chi connectivity index (χ2n) is 6.60. The summed E-state index contributed by atoms with van der Waals surface area (Å²) in [5, 5.41) is 2.92. The van der Waals surface area contributed by atoms with Crippen LogP contribution in [0.15, 0.2) is 0 Å². The Bertz CT molecular complexity index is 521. The van der Waals surface area contributed by atoms with Crippen LogP contribution in [-0.4, -0.2) is 70.6 Å². The van der Waals surface area contributed by atoms with Crippen molar-refractivity contribution in [1.82, 2.24) is 15.1 Å². The first-order valence-electron chi connectivity index (χ1n) is 8.70. The van der Waals surface area contributed by atoms with Crippen molar-refractivity contribution >= 4 is 29.7 Å². The van der Waals surface area contributed by atoms with Crippen LogP contribution < -0.4 is 5.32 Å². The predicted octanol–water partition coefficient (Wildman–Crippen LogP) is 1.18. The molecule has 3 fully saturated rings. The lowest BCUT2D eigenvalue weighted by Gasteiger charge is -2.36. The van der Waals surface area contributed by atoms with E-state index in [1.807, 2.05) is 4.90 Å². The van der Waals surface area contributed by atoms with E-state index in [0.29, 0.717) is 31.7 Å². The molecule has 8 heteroatoms. The maximum absolute atomic E-state index is 12.9. The molecule has 1 atom stereocenters. The molecule has 1 saturated carbocycles. The molecule has 2 heterocycles. The first kappa shape index (κ1) is 17.5. The van der Waals surface area contributed by atoms with Crippen molar-refractivity contribution in [1.29, 1.82) is 0 Å².